The minimum absolute atomic E-state index is 0.137. The predicted molar refractivity (Wildman–Crippen MR) is 129 cm³/mol. The number of ether oxygens (including phenoxy) is 1. The van der Waals surface area contributed by atoms with Gasteiger partial charge in [0.15, 0.2) is 0 Å². The number of pyridine rings is 1. The molecule has 0 spiro atoms. The number of carbonyl (C=O) groups excluding carboxylic acids is 1. The third-order valence-electron chi connectivity index (χ3n) is 5.19. The highest BCUT2D eigenvalue weighted by Gasteiger charge is 2.21. The Kier molecular flexibility index (Phi) is 6.54. The first-order valence-corrected chi connectivity index (χ1v) is 10.9. The van der Waals surface area contributed by atoms with Crippen LogP contribution in [0.3, 0.4) is 0 Å². The number of hydrogen-bond acceptors (Lipinski definition) is 4. The molecular weight excluding hydrogens is 412 g/mol. The Bertz CT molecular complexity index is 1210. The van der Waals surface area contributed by atoms with Crippen LogP contribution in [0, 0.1) is 0 Å². The second kappa shape index (κ2) is 9.69. The van der Waals surface area contributed by atoms with Crippen molar-refractivity contribution in [2.24, 2.45) is 0 Å². The maximum absolute atomic E-state index is 13.1. The van der Waals surface area contributed by atoms with Gasteiger partial charge in [0.05, 0.1) is 12.2 Å². The summed E-state index contributed by atoms with van der Waals surface area (Å²) >= 11 is 0. The van der Waals surface area contributed by atoms with Gasteiger partial charge >= 0.3 is 0 Å². The maximum atomic E-state index is 13.1. The molecule has 4 rings (SSSR count). The number of aromatic nitrogens is 3. The second-order valence-electron chi connectivity index (χ2n) is 8.94. The van der Waals surface area contributed by atoms with Gasteiger partial charge in [-0.25, -0.2) is 4.68 Å². The fourth-order valence-corrected chi connectivity index (χ4v) is 3.33. The molecule has 4 aromatic rings. The van der Waals surface area contributed by atoms with E-state index in [0.717, 1.165) is 16.8 Å². The lowest BCUT2D eigenvalue weighted by atomic mass is 9.92. The number of rotatable bonds is 7. The van der Waals surface area contributed by atoms with Gasteiger partial charge in [-0.05, 0) is 29.8 Å². The first kappa shape index (κ1) is 22.3. The third kappa shape index (κ3) is 5.86. The summed E-state index contributed by atoms with van der Waals surface area (Å²) in [4.78, 5) is 17.2. The summed E-state index contributed by atoms with van der Waals surface area (Å²) in [6.07, 6.45) is 3.49. The molecule has 2 heterocycles. The van der Waals surface area contributed by atoms with Crippen LogP contribution in [0.1, 0.15) is 48.0 Å². The fourth-order valence-electron chi connectivity index (χ4n) is 3.33. The lowest BCUT2D eigenvalue weighted by molar-refractivity contribution is 0.102. The second-order valence-corrected chi connectivity index (χ2v) is 8.94. The van der Waals surface area contributed by atoms with E-state index in [9.17, 15) is 4.79 Å². The van der Waals surface area contributed by atoms with Crippen molar-refractivity contribution >= 4 is 11.7 Å². The molecule has 1 N–H and O–H groups in total. The van der Waals surface area contributed by atoms with Gasteiger partial charge in [0.2, 0.25) is 0 Å². The average Bonchev–Trinajstić information content (AvgIpc) is 3.22. The number of hydrogen-bond donors (Lipinski definition) is 1. The van der Waals surface area contributed by atoms with Gasteiger partial charge in [0, 0.05) is 35.0 Å². The number of nitrogens with zero attached hydrogens (tertiary/aromatic N) is 3. The molecule has 0 fully saturated rings. The summed E-state index contributed by atoms with van der Waals surface area (Å²) < 4.78 is 7.69. The van der Waals surface area contributed by atoms with E-state index < -0.39 is 0 Å². The number of nitrogens with one attached hydrogen (secondary N) is 1. The van der Waals surface area contributed by atoms with Crippen molar-refractivity contribution in [1.29, 1.82) is 0 Å². The molecule has 168 valence electrons. The lowest BCUT2D eigenvalue weighted by Crippen LogP contribution is -2.16. The third-order valence-corrected chi connectivity index (χ3v) is 5.19. The van der Waals surface area contributed by atoms with E-state index in [1.807, 2.05) is 65.3 Å². The first-order valence-electron chi connectivity index (χ1n) is 10.9. The van der Waals surface area contributed by atoms with Crippen molar-refractivity contribution < 1.29 is 9.53 Å². The van der Waals surface area contributed by atoms with Crippen LogP contribution in [-0.4, -0.2) is 20.7 Å². The van der Waals surface area contributed by atoms with Crippen molar-refractivity contribution in [3.8, 4) is 5.75 Å². The van der Waals surface area contributed by atoms with Crippen molar-refractivity contribution in [3.63, 3.8) is 0 Å². The Morgan fingerprint density at radius 2 is 1.76 bits per heavy atom. The van der Waals surface area contributed by atoms with Crippen molar-refractivity contribution in [2.45, 2.75) is 39.3 Å². The summed E-state index contributed by atoms with van der Waals surface area (Å²) in [5, 5.41) is 7.81. The maximum Gasteiger partial charge on any atom is 0.256 e. The molecule has 0 aliphatic heterocycles. The predicted octanol–water partition coefficient (Wildman–Crippen LogP) is 5.46. The van der Waals surface area contributed by atoms with E-state index in [1.54, 1.807) is 24.5 Å². The Hall–Kier alpha value is -3.93. The standard InChI is InChI=1S/C27H28N4O2/c1-27(2,3)24-16-25(31(30-24)18-20-9-5-4-6-10-20)29-26(32)22-12-7-13-23(15-22)33-19-21-11-8-14-28-17-21/h4-17H,18-19H2,1-3H3,(H,29,32). The molecule has 0 unspecified atom stereocenters. The van der Waals surface area contributed by atoms with Gasteiger partial charge in [0.1, 0.15) is 18.2 Å². The molecule has 33 heavy (non-hydrogen) atoms. The quantitative estimate of drug-likeness (QED) is 0.415. The minimum Gasteiger partial charge on any atom is -0.489 e. The molecule has 2 aromatic heterocycles. The van der Waals surface area contributed by atoms with Gasteiger partial charge in [-0.15, -0.1) is 0 Å². The van der Waals surface area contributed by atoms with E-state index in [0.29, 0.717) is 30.3 Å². The Morgan fingerprint density at radius 3 is 2.48 bits per heavy atom. The molecular formula is C27H28N4O2. The zero-order valence-corrected chi connectivity index (χ0v) is 19.2. The monoisotopic (exact) mass is 440 g/mol. The van der Waals surface area contributed by atoms with Crippen LogP contribution in [-0.2, 0) is 18.6 Å². The molecule has 0 radical (unpaired) electrons. The zero-order valence-electron chi connectivity index (χ0n) is 19.2. The Morgan fingerprint density at radius 1 is 0.970 bits per heavy atom. The molecule has 0 bridgehead atoms. The van der Waals surface area contributed by atoms with Crippen LogP contribution in [0.15, 0.2) is 85.2 Å². The molecule has 0 saturated heterocycles. The summed E-state index contributed by atoms with van der Waals surface area (Å²) in [6.45, 7) is 7.28. The van der Waals surface area contributed by atoms with Gasteiger partial charge in [-0.1, -0.05) is 63.2 Å². The minimum atomic E-state index is -0.212. The van der Waals surface area contributed by atoms with Gasteiger partial charge in [0.25, 0.3) is 5.91 Å². The van der Waals surface area contributed by atoms with E-state index >= 15 is 0 Å². The highest BCUT2D eigenvalue weighted by Crippen LogP contribution is 2.25. The van der Waals surface area contributed by atoms with Gasteiger partial charge in [-0.2, -0.15) is 5.10 Å². The smallest absolute Gasteiger partial charge is 0.256 e. The van der Waals surface area contributed by atoms with Crippen LogP contribution in [0.4, 0.5) is 5.82 Å². The largest absolute Gasteiger partial charge is 0.489 e. The number of carbonyl (C=O) groups is 1. The van der Waals surface area contributed by atoms with Crippen LogP contribution < -0.4 is 10.1 Å². The fraction of sp³-hybridized carbons (Fsp3) is 0.222. The summed E-state index contributed by atoms with van der Waals surface area (Å²) in [7, 11) is 0. The molecule has 0 atom stereocenters. The van der Waals surface area contributed by atoms with Crippen LogP contribution in [0.25, 0.3) is 0 Å². The Labute approximate surface area is 194 Å². The highest BCUT2D eigenvalue weighted by molar-refractivity contribution is 6.04. The van der Waals surface area contributed by atoms with E-state index in [-0.39, 0.29) is 11.3 Å². The molecule has 1 amide bonds. The number of amides is 1. The van der Waals surface area contributed by atoms with Crippen molar-refractivity contribution in [1.82, 2.24) is 14.8 Å². The topological polar surface area (TPSA) is 69.0 Å². The van der Waals surface area contributed by atoms with Crippen molar-refractivity contribution in [3.05, 3.63) is 108 Å². The van der Waals surface area contributed by atoms with Crippen LogP contribution in [0.5, 0.6) is 5.75 Å². The number of anilines is 1. The van der Waals surface area contributed by atoms with Crippen molar-refractivity contribution in [2.75, 3.05) is 5.32 Å². The molecule has 6 nitrogen and oxygen atoms in total. The first-order chi connectivity index (χ1) is 15.9. The molecule has 0 aliphatic rings. The average molecular weight is 441 g/mol. The van der Waals surface area contributed by atoms with Gasteiger partial charge in [-0.3, -0.25) is 9.78 Å². The molecule has 0 saturated carbocycles. The van der Waals surface area contributed by atoms with Gasteiger partial charge < -0.3 is 10.1 Å². The van der Waals surface area contributed by atoms with E-state index in [2.05, 4.69) is 31.1 Å². The van der Waals surface area contributed by atoms with Crippen LogP contribution in [0.2, 0.25) is 0 Å². The normalized spacial score (nSPS) is 11.2. The van der Waals surface area contributed by atoms with E-state index in [1.165, 1.54) is 0 Å². The SMILES string of the molecule is CC(C)(C)c1cc(NC(=O)c2cccc(OCc3cccnc3)c2)n(Cc2ccccc2)n1. The van der Waals surface area contributed by atoms with E-state index in [4.69, 9.17) is 9.84 Å². The lowest BCUT2D eigenvalue weighted by Gasteiger charge is -2.14. The molecule has 2 aromatic carbocycles. The Balaban J connectivity index is 1.52. The highest BCUT2D eigenvalue weighted by atomic mass is 16.5. The summed E-state index contributed by atoms with van der Waals surface area (Å²) in [6, 6.07) is 23.0. The molecule has 0 aliphatic carbocycles. The zero-order chi connectivity index (χ0) is 23.3. The summed E-state index contributed by atoms with van der Waals surface area (Å²) in [5.74, 6) is 1.08. The van der Waals surface area contributed by atoms with Crippen LogP contribution >= 0.6 is 0 Å². The summed E-state index contributed by atoms with van der Waals surface area (Å²) in [5.41, 5.74) is 3.38. The molecule has 6 heteroatoms. The number of benzene rings is 2.